The lowest BCUT2D eigenvalue weighted by Crippen LogP contribution is -2.09. The van der Waals surface area contributed by atoms with Gasteiger partial charge in [-0.15, -0.1) is 0 Å². The maximum absolute atomic E-state index is 12.0. The zero-order chi connectivity index (χ0) is 21.7. The average molecular weight is 429 g/mol. The fraction of sp³-hybridized carbons (Fsp3) is 0.105. The number of hydrogen-bond acceptors (Lipinski definition) is 10. The van der Waals surface area contributed by atoms with E-state index in [9.17, 15) is 9.59 Å². The maximum atomic E-state index is 12.0. The lowest BCUT2D eigenvalue weighted by molar-refractivity contribution is 0.0599. The van der Waals surface area contributed by atoms with Gasteiger partial charge < -0.3 is 25.8 Å². The van der Waals surface area contributed by atoms with Crippen molar-refractivity contribution < 1.29 is 19.1 Å². The monoisotopic (exact) mass is 428 g/mol. The summed E-state index contributed by atoms with van der Waals surface area (Å²) < 4.78 is 9.47. The fourth-order valence-corrected chi connectivity index (χ4v) is 2.68. The van der Waals surface area contributed by atoms with Crippen LogP contribution in [0.5, 0.6) is 0 Å². The Kier molecular flexibility index (Phi) is 6.28. The molecule has 3 aromatic rings. The normalized spacial score (nSPS) is 10.2. The number of aromatic nitrogens is 3. The molecular formula is C19H17ClN6O4. The number of pyridine rings is 1. The number of halogens is 1. The molecule has 30 heavy (non-hydrogen) atoms. The van der Waals surface area contributed by atoms with Crippen molar-refractivity contribution in [1.29, 1.82) is 0 Å². The Morgan fingerprint density at radius 2 is 1.57 bits per heavy atom. The zero-order valence-electron chi connectivity index (χ0n) is 16.0. The Bertz CT molecular complexity index is 1070. The van der Waals surface area contributed by atoms with Crippen molar-refractivity contribution in [2.75, 3.05) is 30.6 Å². The predicted octanol–water partition coefficient (Wildman–Crippen LogP) is 3.17. The van der Waals surface area contributed by atoms with Gasteiger partial charge in [-0.2, -0.15) is 0 Å². The largest absolute Gasteiger partial charge is 0.465 e. The van der Waals surface area contributed by atoms with Gasteiger partial charge in [-0.1, -0.05) is 11.6 Å². The molecule has 10 nitrogen and oxygen atoms in total. The number of nitrogens with one attached hydrogen (secondary N) is 2. The predicted molar refractivity (Wildman–Crippen MR) is 111 cm³/mol. The summed E-state index contributed by atoms with van der Waals surface area (Å²) >= 11 is 6.06. The van der Waals surface area contributed by atoms with Crippen molar-refractivity contribution in [3.63, 3.8) is 0 Å². The van der Waals surface area contributed by atoms with Gasteiger partial charge in [0, 0.05) is 11.9 Å². The molecule has 4 N–H and O–H groups in total. The SMILES string of the molecule is COC(=O)c1cc(Nc2ncnc(Nc3cccnc3Cl)c2N)cc(C(=O)OC)c1. The lowest BCUT2D eigenvalue weighted by Gasteiger charge is -2.14. The second-order valence-electron chi connectivity index (χ2n) is 5.86. The third kappa shape index (κ3) is 4.55. The zero-order valence-corrected chi connectivity index (χ0v) is 16.7. The van der Waals surface area contributed by atoms with Gasteiger partial charge in [0.25, 0.3) is 0 Å². The average Bonchev–Trinajstić information content (AvgIpc) is 2.76. The van der Waals surface area contributed by atoms with Crippen LogP contribution in [0.2, 0.25) is 5.15 Å². The fourth-order valence-electron chi connectivity index (χ4n) is 2.51. The number of methoxy groups -OCH3 is 2. The molecule has 2 heterocycles. The first kappa shape index (κ1) is 20.8. The van der Waals surface area contributed by atoms with Crippen LogP contribution < -0.4 is 16.4 Å². The molecule has 0 radical (unpaired) electrons. The van der Waals surface area contributed by atoms with Crippen LogP contribution in [0.25, 0.3) is 0 Å². The van der Waals surface area contributed by atoms with E-state index < -0.39 is 11.9 Å². The van der Waals surface area contributed by atoms with Gasteiger partial charge in [-0.3, -0.25) is 0 Å². The van der Waals surface area contributed by atoms with Gasteiger partial charge in [0.1, 0.15) is 12.0 Å². The van der Waals surface area contributed by atoms with E-state index in [0.717, 1.165) is 0 Å². The Morgan fingerprint density at radius 1 is 0.967 bits per heavy atom. The minimum atomic E-state index is -0.618. The van der Waals surface area contributed by atoms with Crippen LogP contribution >= 0.6 is 11.6 Å². The molecule has 0 fully saturated rings. The first-order chi connectivity index (χ1) is 14.4. The number of nitrogens with zero attached hydrogens (tertiary/aromatic N) is 3. The number of carbonyl (C=O) groups excluding carboxylic acids is 2. The molecular weight excluding hydrogens is 412 g/mol. The second-order valence-corrected chi connectivity index (χ2v) is 6.22. The minimum absolute atomic E-state index is 0.149. The number of carbonyl (C=O) groups is 2. The molecule has 0 atom stereocenters. The molecule has 0 saturated heterocycles. The van der Waals surface area contributed by atoms with Crippen molar-refractivity contribution >= 4 is 52.2 Å². The van der Waals surface area contributed by atoms with E-state index in [4.69, 9.17) is 26.8 Å². The van der Waals surface area contributed by atoms with Crippen molar-refractivity contribution in [2.24, 2.45) is 0 Å². The summed E-state index contributed by atoms with van der Waals surface area (Å²) in [6, 6.07) is 7.77. The van der Waals surface area contributed by atoms with Crippen LogP contribution in [0.4, 0.5) is 28.7 Å². The number of esters is 2. The Morgan fingerprint density at radius 3 is 2.13 bits per heavy atom. The van der Waals surface area contributed by atoms with Crippen LogP contribution in [0, 0.1) is 0 Å². The van der Waals surface area contributed by atoms with E-state index in [2.05, 4.69) is 25.6 Å². The highest BCUT2D eigenvalue weighted by Crippen LogP contribution is 2.30. The number of benzene rings is 1. The van der Waals surface area contributed by atoms with Gasteiger partial charge in [0.15, 0.2) is 16.8 Å². The lowest BCUT2D eigenvalue weighted by atomic mass is 10.1. The van der Waals surface area contributed by atoms with Crippen LogP contribution in [0.1, 0.15) is 20.7 Å². The molecule has 11 heteroatoms. The highest BCUT2D eigenvalue weighted by atomic mass is 35.5. The molecule has 154 valence electrons. The van der Waals surface area contributed by atoms with Crippen LogP contribution in [0.3, 0.4) is 0 Å². The topological polar surface area (TPSA) is 141 Å². The van der Waals surface area contributed by atoms with E-state index in [1.807, 2.05) is 0 Å². The third-order valence-corrected chi connectivity index (χ3v) is 4.24. The molecule has 0 aliphatic carbocycles. The number of anilines is 5. The van der Waals surface area contributed by atoms with Gasteiger partial charge in [-0.05, 0) is 30.3 Å². The van der Waals surface area contributed by atoms with Crippen LogP contribution in [-0.2, 0) is 9.47 Å². The van der Waals surface area contributed by atoms with Gasteiger partial charge in [0.2, 0.25) is 0 Å². The summed E-state index contributed by atoms with van der Waals surface area (Å²) in [6.45, 7) is 0. The number of nitrogens with two attached hydrogens (primary N) is 1. The molecule has 0 amide bonds. The van der Waals surface area contributed by atoms with Gasteiger partial charge in [-0.25, -0.2) is 24.5 Å². The quantitative estimate of drug-likeness (QED) is 0.395. The molecule has 0 saturated carbocycles. The summed E-state index contributed by atoms with van der Waals surface area (Å²) in [4.78, 5) is 36.1. The number of nitrogen functional groups attached to an aromatic ring is 1. The van der Waals surface area contributed by atoms with E-state index in [1.165, 1.54) is 38.7 Å². The van der Waals surface area contributed by atoms with Crippen molar-refractivity contribution in [1.82, 2.24) is 15.0 Å². The third-order valence-electron chi connectivity index (χ3n) is 3.93. The van der Waals surface area contributed by atoms with Crippen LogP contribution in [-0.4, -0.2) is 41.1 Å². The van der Waals surface area contributed by atoms with E-state index >= 15 is 0 Å². The van der Waals surface area contributed by atoms with Gasteiger partial charge in [0.05, 0.1) is 31.0 Å². The molecule has 0 bridgehead atoms. The summed E-state index contributed by atoms with van der Waals surface area (Å²) in [5, 5.41) is 6.21. The molecule has 0 aliphatic heterocycles. The first-order valence-electron chi connectivity index (χ1n) is 8.49. The molecule has 0 spiro atoms. The van der Waals surface area contributed by atoms with E-state index in [-0.39, 0.29) is 27.8 Å². The summed E-state index contributed by atoms with van der Waals surface area (Å²) in [5.41, 5.74) is 7.54. The number of rotatable bonds is 6. The second kappa shape index (κ2) is 9.05. The molecule has 0 unspecified atom stereocenters. The Balaban J connectivity index is 1.95. The molecule has 0 aliphatic rings. The summed E-state index contributed by atoms with van der Waals surface area (Å²) in [7, 11) is 2.48. The molecule has 1 aromatic carbocycles. The van der Waals surface area contributed by atoms with Crippen molar-refractivity contribution in [3.8, 4) is 0 Å². The minimum Gasteiger partial charge on any atom is -0.465 e. The van der Waals surface area contributed by atoms with Gasteiger partial charge >= 0.3 is 11.9 Å². The smallest absolute Gasteiger partial charge is 0.337 e. The number of ether oxygens (including phenoxy) is 2. The highest BCUT2D eigenvalue weighted by molar-refractivity contribution is 6.32. The van der Waals surface area contributed by atoms with E-state index in [1.54, 1.807) is 18.3 Å². The standard InChI is InChI=1S/C19H17ClN6O4/c1-29-18(27)10-6-11(19(28)30-2)8-12(7-10)25-16-14(21)17(24-9-23-16)26-13-4-3-5-22-15(13)20/h3-9H,21H2,1-2H3,(H2,23,24,25,26). The molecule has 3 rings (SSSR count). The highest BCUT2D eigenvalue weighted by Gasteiger charge is 2.16. The maximum Gasteiger partial charge on any atom is 0.337 e. The van der Waals surface area contributed by atoms with Crippen molar-refractivity contribution in [2.45, 2.75) is 0 Å². The first-order valence-corrected chi connectivity index (χ1v) is 8.87. The molecule has 2 aromatic heterocycles. The summed E-state index contributed by atoms with van der Waals surface area (Å²) in [6.07, 6.45) is 2.84. The Hall–Kier alpha value is -3.92. The number of hydrogen-bond donors (Lipinski definition) is 3. The Labute approximate surface area is 176 Å². The van der Waals surface area contributed by atoms with E-state index in [0.29, 0.717) is 17.2 Å². The summed E-state index contributed by atoms with van der Waals surface area (Å²) in [5.74, 6) is -0.703. The van der Waals surface area contributed by atoms with Crippen molar-refractivity contribution in [3.05, 3.63) is 59.1 Å². The van der Waals surface area contributed by atoms with Crippen LogP contribution in [0.15, 0.2) is 42.9 Å².